The summed E-state index contributed by atoms with van der Waals surface area (Å²) in [6.45, 7) is 1.98. The van der Waals surface area contributed by atoms with Crippen molar-refractivity contribution >= 4 is 23.2 Å². The van der Waals surface area contributed by atoms with Gasteiger partial charge in [0, 0.05) is 16.8 Å². The topological polar surface area (TPSA) is 53.2 Å². The molecule has 2 unspecified atom stereocenters. The number of benzene rings is 2. The molecule has 4 nitrogen and oxygen atoms in total. The number of halogens is 1. The van der Waals surface area contributed by atoms with Crippen molar-refractivity contribution in [2.75, 3.05) is 5.32 Å². The molecule has 3 rings (SSSR count). The van der Waals surface area contributed by atoms with Crippen molar-refractivity contribution in [2.45, 2.75) is 25.4 Å². The Hall–Kier alpha value is -1.88. The highest BCUT2D eigenvalue weighted by Crippen LogP contribution is 2.24. The normalized spacial score (nSPS) is 20.8. The van der Waals surface area contributed by atoms with E-state index >= 15 is 0 Å². The van der Waals surface area contributed by atoms with E-state index in [0.29, 0.717) is 11.4 Å². The van der Waals surface area contributed by atoms with Crippen LogP contribution in [-0.2, 0) is 4.79 Å². The minimum absolute atomic E-state index is 0.0294. The van der Waals surface area contributed by atoms with Crippen molar-refractivity contribution < 1.29 is 4.79 Å². The predicted molar refractivity (Wildman–Crippen MR) is 88.7 cm³/mol. The molecule has 2 aromatic rings. The Bertz CT molecular complexity index is 672. The van der Waals surface area contributed by atoms with E-state index in [0.717, 1.165) is 16.8 Å². The number of aryl methyl sites for hydroxylation is 1. The largest absolute Gasteiger partial charge is 0.324 e. The number of carbonyl (C=O) groups is 1. The average molecular weight is 316 g/mol. The fourth-order valence-electron chi connectivity index (χ4n) is 2.57. The Morgan fingerprint density at radius 1 is 1.14 bits per heavy atom. The maximum atomic E-state index is 12.4. The van der Waals surface area contributed by atoms with Crippen LogP contribution in [0, 0.1) is 6.92 Å². The monoisotopic (exact) mass is 315 g/mol. The number of rotatable bonds is 3. The standard InChI is InChI=1S/C17H18ClN3O/c1-11-4-2-3-5-14(11)19-17(22)16-10-15(20-21-16)12-6-8-13(18)9-7-12/h2-9,15-16,20-21H,10H2,1H3,(H,19,22). The second-order valence-electron chi connectivity index (χ2n) is 5.49. The third kappa shape index (κ3) is 3.30. The van der Waals surface area contributed by atoms with E-state index in [-0.39, 0.29) is 18.0 Å². The van der Waals surface area contributed by atoms with Gasteiger partial charge < -0.3 is 5.32 Å². The summed E-state index contributed by atoms with van der Waals surface area (Å²) in [5.41, 5.74) is 9.25. The minimum atomic E-state index is -0.264. The van der Waals surface area contributed by atoms with Crippen LogP contribution in [0.4, 0.5) is 5.69 Å². The SMILES string of the molecule is Cc1ccccc1NC(=O)C1CC(c2ccc(Cl)cc2)NN1. The maximum absolute atomic E-state index is 12.4. The van der Waals surface area contributed by atoms with E-state index in [1.54, 1.807) is 0 Å². The van der Waals surface area contributed by atoms with Gasteiger partial charge in [0.15, 0.2) is 0 Å². The summed E-state index contributed by atoms with van der Waals surface area (Å²) < 4.78 is 0. The van der Waals surface area contributed by atoms with Gasteiger partial charge in [-0.2, -0.15) is 0 Å². The predicted octanol–water partition coefficient (Wildman–Crippen LogP) is 3.19. The number of carbonyl (C=O) groups excluding carboxylic acids is 1. The smallest absolute Gasteiger partial charge is 0.242 e. The average Bonchev–Trinajstić information content (AvgIpc) is 3.00. The van der Waals surface area contributed by atoms with Gasteiger partial charge in [0.2, 0.25) is 5.91 Å². The molecule has 5 heteroatoms. The van der Waals surface area contributed by atoms with Crippen LogP contribution in [0.25, 0.3) is 0 Å². The van der Waals surface area contributed by atoms with E-state index in [1.165, 1.54) is 0 Å². The molecular formula is C17H18ClN3O. The van der Waals surface area contributed by atoms with Crippen molar-refractivity contribution in [1.29, 1.82) is 0 Å². The molecule has 2 aromatic carbocycles. The molecule has 1 fully saturated rings. The summed E-state index contributed by atoms with van der Waals surface area (Å²) in [7, 11) is 0. The molecule has 22 heavy (non-hydrogen) atoms. The van der Waals surface area contributed by atoms with Crippen molar-refractivity contribution in [3.8, 4) is 0 Å². The summed E-state index contributed by atoms with van der Waals surface area (Å²) in [6.07, 6.45) is 0.694. The van der Waals surface area contributed by atoms with Crippen LogP contribution in [0.1, 0.15) is 23.6 Å². The molecule has 114 valence electrons. The Balaban J connectivity index is 1.64. The lowest BCUT2D eigenvalue weighted by Gasteiger charge is -2.12. The van der Waals surface area contributed by atoms with Crippen LogP contribution in [-0.4, -0.2) is 11.9 Å². The number of hydrogen-bond donors (Lipinski definition) is 3. The van der Waals surface area contributed by atoms with Crippen LogP contribution in [0.5, 0.6) is 0 Å². The summed E-state index contributed by atoms with van der Waals surface area (Å²) in [6, 6.07) is 15.3. The Morgan fingerprint density at radius 3 is 2.59 bits per heavy atom. The molecule has 1 heterocycles. The van der Waals surface area contributed by atoms with Gasteiger partial charge in [0.25, 0.3) is 0 Å². The first-order chi connectivity index (χ1) is 10.6. The number of amides is 1. The molecule has 0 radical (unpaired) electrons. The molecule has 1 aliphatic heterocycles. The lowest BCUT2D eigenvalue weighted by Crippen LogP contribution is -2.39. The molecule has 0 bridgehead atoms. The minimum Gasteiger partial charge on any atom is -0.324 e. The first kappa shape index (κ1) is 15.0. The number of nitrogens with one attached hydrogen (secondary N) is 3. The van der Waals surface area contributed by atoms with E-state index in [4.69, 9.17) is 11.6 Å². The van der Waals surface area contributed by atoms with Gasteiger partial charge in [0.1, 0.15) is 6.04 Å². The molecule has 1 amide bonds. The zero-order valence-electron chi connectivity index (χ0n) is 12.3. The molecule has 0 aromatic heterocycles. The van der Waals surface area contributed by atoms with Gasteiger partial charge in [-0.3, -0.25) is 4.79 Å². The Labute approximate surface area is 134 Å². The van der Waals surface area contributed by atoms with Gasteiger partial charge in [-0.15, -0.1) is 0 Å². The summed E-state index contributed by atoms with van der Waals surface area (Å²) in [5.74, 6) is -0.0294. The highest BCUT2D eigenvalue weighted by atomic mass is 35.5. The van der Waals surface area contributed by atoms with Crippen molar-refractivity contribution in [3.05, 3.63) is 64.7 Å². The first-order valence-electron chi connectivity index (χ1n) is 7.26. The van der Waals surface area contributed by atoms with Gasteiger partial charge in [-0.1, -0.05) is 41.9 Å². The first-order valence-corrected chi connectivity index (χ1v) is 7.64. The quantitative estimate of drug-likeness (QED) is 0.815. The number of anilines is 1. The summed E-state index contributed by atoms with van der Waals surface area (Å²) in [5, 5.41) is 3.68. The second kappa shape index (κ2) is 6.48. The van der Waals surface area contributed by atoms with Crippen molar-refractivity contribution in [1.82, 2.24) is 10.9 Å². The van der Waals surface area contributed by atoms with Crippen LogP contribution < -0.4 is 16.2 Å². The molecule has 2 atom stereocenters. The molecule has 1 saturated heterocycles. The van der Waals surface area contributed by atoms with Gasteiger partial charge in [0.05, 0.1) is 0 Å². The molecule has 3 N–H and O–H groups in total. The van der Waals surface area contributed by atoms with Crippen molar-refractivity contribution in [3.63, 3.8) is 0 Å². The molecule has 0 saturated carbocycles. The van der Waals surface area contributed by atoms with Gasteiger partial charge in [-0.05, 0) is 42.7 Å². The molecule has 0 aliphatic carbocycles. The summed E-state index contributed by atoms with van der Waals surface area (Å²) in [4.78, 5) is 12.4. The van der Waals surface area contributed by atoms with Crippen LogP contribution in [0.2, 0.25) is 5.02 Å². The highest BCUT2D eigenvalue weighted by molar-refractivity contribution is 6.30. The number of para-hydroxylation sites is 1. The molecule has 1 aliphatic rings. The fraction of sp³-hybridized carbons (Fsp3) is 0.235. The Kier molecular flexibility index (Phi) is 4.43. The lowest BCUT2D eigenvalue weighted by molar-refractivity contribution is -0.117. The zero-order valence-corrected chi connectivity index (χ0v) is 13.0. The van der Waals surface area contributed by atoms with Gasteiger partial charge in [-0.25, -0.2) is 10.9 Å². The van der Waals surface area contributed by atoms with E-state index in [2.05, 4.69) is 16.2 Å². The van der Waals surface area contributed by atoms with E-state index in [1.807, 2.05) is 55.5 Å². The van der Waals surface area contributed by atoms with E-state index < -0.39 is 0 Å². The van der Waals surface area contributed by atoms with Gasteiger partial charge >= 0.3 is 0 Å². The van der Waals surface area contributed by atoms with Crippen molar-refractivity contribution in [2.24, 2.45) is 0 Å². The third-order valence-electron chi connectivity index (χ3n) is 3.89. The number of hydrazine groups is 1. The fourth-order valence-corrected chi connectivity index (χ4v) is 2.70. The lowest BCUT2D eigenvalue weighted by atomic mass is 10.0. The highest BCUT2D eigenvalue weighted by Gasteiger charge is 2.30. The zero-order chi connectivity index (χ0) is 15.5. The van der Waals surface area contributed by atoms with Crippen LogP contribution in [0.15, 0.2) is 48.5 Å². The molecular weight excluding hydrogens is 298 g/mol. The number of hydrogen-bond acceptors (Lipinski definition) is 3. The second-order valence-corrected chi connectivity index (χ2v) is 5.92. The summed E-state index contributed by atoms with van der Waals surface area (Å²) >= 11 is 5.90. The van der Waals surface area contributed by atoms with E-state index in [9.17, 15) is 4.79 Å². The van der Waals surface area contributed by atoms with Crippen LogP contribution in [0.3, 0.4) is 0 Å². The molecule has 0 spiro atoms. The Morgan fingerprint density at radius 2 is 1.86 bits per heavy atom. The third-order valence-corrected chi connectivity index (χ3v) is 4.15. The van der Waals surface area contributed by atoms with Crippen LogP contribution >= 0.6 is 11.6 Å². The maximum Gasteiger partial charge on any atom is 0.242 e.